The molecule has 0 bridgehead atoms. The SMILES string of the molecule is COc1cccc(C#N)c1N1Cc2ccccc2C1=N. The van der Waals surface area contributed by atoms with E-state index < -0.39 is 0 Å². The summed E-state index contributed by atoms with van der Waals surface area (Å²) >= 11 is 0. The molecule has 0 atom stereocenters. The largest absolute Gasteiger partial charge is 0.495 e. The number of rotatable bonds is 2. The van der Waals surface area contributed by atoms with Gasteiger partial charge in [0.15, 0.2) is 0 Å². The molecule has 0 unspecified atom stereocenters. The van der Waals surface area contributed by atoms with Crippen LogP contribution in [0.4, 0.5) is 5.69 Å². The fraction of sp³-hybridized carbons (Fsp3) is 0.125. The summed E-state index contributed by atoms with van der Waals surface area (Å²) in [5.74, 6) is 1.02. The maximum absolute atomic E-state index is 9.30. The number of nitriles is 1. The highest BCUT2D eigenvalue weighted by atomic mass is 16.5. The monoisotopic (exact) mass is 263 g/mol. The molecule has 0 saturated heterocycles. The molecule has 1 aliphatic rings. The minimum atomic E-state index is 0.404. The lowest BCUT2D eigenvalue weighted by molar-refractivity contribution is 0.415. The molecule has 3 rings (SSSR count). The van der Waals surface area contributed by atoms with Gasteiger partial charge < -0.3 is 9.64 Å². The molecule has 0 aliphatic carbocycles. The molecule has 0 saturated carbocycles. The Balaban J connectivity index is 2.13. The van der Waals surface area contributed by atoms with Crippen molar-refractivity contribution in [2.75, 3.05) is 12.0 Å². The first kappa shape index (κ1) is 12.2. The highest BCUT2D eigenvalue weighted by molar-refractivity contribution is 6.12. The number of nitrogens with one attached hydrogen (secondary N) is 1. The van der Waals surface area contributed by atoms with Crippen LogP contribution in [0.1, 0.15) is 16.7 Å². The van der Waals surface area contributed by atoms with Crippen LogP contribution in [0.25, 0.3) is 0 Å². The maximum Gasteiger partial charge on any atom is 0.143 e. The fourth-order valence-corrected chi connectivity index (χ4v) is 2.53. The molecule has 0 amide bonds. The maximum atomic E-state index is 9.30. The minimum Gasteiger partial charge on any atom is -0.495 e. The molecule has 2 aromatic carbocycles. The van der Waals surface area contributed by atoms with Crippen LogP contribution in [0.15, 0.2) is 42.5 Å². The molecule has 0 fully saturated rings. The van der Waals surface area contributed by atoms with Crippen molar-refractivity contribution < 1.29 is 4.74 Å². The van der Waals surface area contributed by atoms with Gasteiger partial charge in [-0.2, -0.15) is 5.26 Å². The molecule has 1 aliphatic heterocycles. The number of amidine groups is 1. The van der Waals surface area contributed by atoms with Gasteiger partial charge in [-0.3, -0.25) is 5.41 Å². The number of methoxy groups -OCH3 is 1. The lowest BCUT2D eigenvalue weighted by atomic mass is 10.1. The van der Waals surface area contributed by atoms with Crippen molar-refractivity contribution in [1.29, 1.82) is 10.7 Å². The van der Waals surface area contributed by atoms with Crippen LogP contribution in [0.2, 0.25) is 0 Å². The summed E-state index contributed by atoms with van der Waals surface area (Å²) < 4.78 is 5.36. The van der Waals surface area contributed by atoms with Crippen molar-refractivity contribution in [2.45, 2.75) is 6.54 Å². The van der Waals surface area contributed by atoms with Crippen LogP contribution in [0.5, 0.6) is 5.75 Å². The van der Waals surface area contributed by atoms with Gasteiger partial charge in [0.2, 0.25) is 0 Å². The van der Waals surface area contributed by atoms with Crippen LogP contribution < -0.4 is 9.64 Å². The molecular weight excluding hydrogens is 250 g/mol. The van der Waals surface area contributed by atoms with Gasteiger partial charge in [0.05, 0.1) is 19.2 Å². The van der Waals surface area contributed by atoms with Gasteiger partial charge in [-0.1, -0.05) is 30.3 Å². The predicted molar refractivity (Wildman–Crippen MR) is 77.2 cm³/mol. The average molecular weight is 263 g/mol. The van der Waals surface area contributed by atoms with Gasteiger partial charge in [0.1, 0.15) is 23.3 Å². The Morgan fingerprint density at radius 3 is 2.70 bits per heavy atom. The number of para-hydroxylation sites is 1. The highest BCUT2D eigenvalue weighted by Gasteiger charge is 2.28. The first-order chi connectivity index (χ1) is 9.76. The summed E-state index contributed by atoms with van der Waals surface area (Å²) in [6.45, 7) is 0.587. The van der Waals surface area contributed by atoms with Crippen molar-refractivity contribution >= 4 is 11.5 Å². The molecular formula is C16H13N3O. The predicted octanol–water partition coefficient (Wildman–Crippen LogP) is 2.91. The third-order valence-corrected chi connectivity index (χ3v) is 3.48. The van der Waals surface area contributed by atoms with E-state index in [0.717, 1.165) is 11.1 Å². The average Bonchev–Trinajstić information content (AvgIpc) is 2.83. The third-order valence-electron chi connectivity index (χ3n) is 3.48. The van der Waals surface area contributed by atoms with Crippen LogP contribution in [0.3, 0.4) is 0 Å². The number of fused-ring (bicyclic) bond motifs is 1. The van der Waals surface area contributed by atoms with Crippen molar-refractivity contribution in [3.63, 3.8) is 0 Å². The molecule has 4 heteroatoms. The van der Waals surface area contributed by atoms with Gasteiger partial charge in [-0.25, -0.2) is 0 Å². The van der Waals surface area contributed by atoms with Gasteiger partial charge >= 0.3 is 0 Å². The second-order valence-electron chi connectivity index (χ2n) is 4.56. The lowest BCUT2D eigenvalue weighted by Gasteiger charge is -2.21. The summed E-state index contributed by atoms with van der Waals surface area (Å²) in [6, 6.07) is 15.3. The van der Waals surface area contributed by atoms with Crippen molar-refractivity contribution in [3.8, 4) is 11.8 Å². The molecule has 0 aromatic heterocycles. The molecule has 0 spiro atoms. The number of hydrogen-bond acceptors (Lipinski definition) is 3. The summed E-state index contributed by atoms with van der Waals surface area (Å²) in [6.07, 6.45) is 0. The van der Waals surface area contributed by atoms with E-state index in [2.05, 4.69) is 6.07 Å². The molecule has 20 heavy (non-hydrogen) atoms. The lowest BCUT2D eigenvalue weighted by Crippen LogP contribution is -2.24. The number of nitrogens with zero attached hydrogens (tertiary/aromatic N) is 2. The van der Waals surface area contributed by atoms with E-state index in [0.29, 0.717) is 29.4 Å². The Kier molecular flexibility index (Phi) is 2.88. The second kappa shape index (κ2) is 4.71. The number of ether oxygens (including phenoxy) is 1. The molecule has 1 N–H and O–H groups in total. The van der Waals surface area contributed by atoms with Crippen molar-refractivity contribution in [1.82, 2.24) is 0 Å². The molecule has 98 valence electrons. The van der Waals surface area contributed by atoms with E-state index in [1.165, 1.54) is 0 Å². The zero-order chi connectivity index (χ0) is 14.1. The summed E-state index contributed by atoms with van der Waals surface area (Å²) in [4.78, 5) is 1.82. The van der Waals surface area contributed by atoms with E-state index in [1.807, 2.05) is 35.2 Å². The Bertz CT molecular complexity index is 731. The molecule has 4 nitrogen and oxygen atoms in total. The van der Waals surface area contributed by atoms with E-state index in [-0.39, 0.29) is 0 Å². The Hall–Kier alpha value is -2.80. The van der Waals surface area contributed by atoms with Gasteiger partial charge in [0.25, 0.3) is 0 Å². The highest BCUT2D eigenvalue weighted by Crippen LogP contribution is 2.37. The summed E-state index contributed by atoms with van der Waals surface area (Å²) in [5.41, 5.74) is 3.18. The van der Waals surface area contributed by atoms with Crippen LogP contribution in [0, 0.1) is 16.7 Å². The summed E-state index contributed by atoms with van der Waals surface area (Å²) in [5, 5.41) is 17.6. The van der Waals surface area contributed by atoms with Gasteiger partial charge in [0, 0.05) is 5.56 Å². The van der Waals surface area contributed by atoms with Crippen LogP contribution >= 0.6 is 0 Å². The van der Waals surface area contributed by atoms with Crippen LogP contribution in [-0.4, -0.2) is 12.9 Å². The van der Waals surface area contributed by atoms with E-state index >= 15 is 0 Å². The zero-order valence-electron chi connectivity index (χ0n) is 11.1. The Labute approximate surface area is 117 Å². The van der Waals surface area contributed by atoms with Gasteiger partial charge in [-0.15, -0.1) is 0 Å². The first-order valence-electron chi connectivity index (χ1n) is 6.27. The van der Waals surface area contributed by atoms with Crippen molar-refractivity contribution in [3.05, 3.63) is 59.2 Å². The second-order valence-corrected chi connectivity index (χ2v) is 4.56. The Morgan fingerprint density at radius 1 is 1.20 bits per heavy atom. The molecule has 1 heterocycles. The number of hydrogen-bond donors (Lipinski definition) is 1. The van der Waals surface area contributed by atoms with E-state index in [4.69, 9.17) is 10.1 Å². The minimum absolute atomic E-state index is 0.404. The first-order valence-corrected chi connectivity index (χ1v) is 6.27. The summed E-state index contributed by atoms with van der Waals surface area (Å²) in [7, 11) is 1.58. The van der Waals surface area contributed by atoms with E-state index in [9.17, 15) is 5.26 Å². The smallest absolute Gasteiger partial charge is 0.143 e. The van der Waals surface area contributed by atoms with Crippen LogP contribution in [-0.2, 0) is 6.54 Å². The van der Waals surface area contributed by atoms with Crippen molar-refractivity contribution in [2.24, 2.45) is 0 Å². The standard InChI is InChI=1S/C16H13N3O/c1-20-14-8-4-6-11(9-17)15(14)19-10-12-5-2-3-7-13(12)16(19)18/h2-8,18H,10H2,1H3. The quantitative estimate of drug-likeness (QED) is 0.906. The normalized spacial score (nSPS) is 13.0. The number of anilines is 1. The Morgan fingerprint density at radius 2 is 2.00 bits per heavy atom. The zero-order valence-corrected chi connectivity index (χ0v) is 11.1. The van der Waals surface area contributed by atoms with Gasteiger partial charge in [-0.05, 0) is 17.7 Å². The van der Waals surface area contributed by atoms with E-state index in [1.54, 1.807) is 19.2 Å². The topological polar surface area (TPSA) is 60.1 Å². The number of benzene rings is 2. The molecule has 0 radical (unpaired) electrons. The third kappa shape index (κ3) is 1.72. The molecule has 2 aromatic rings. The fourth-order valence-electron chi connectivity index (χ4n) is 2.53.